The summed E-state index contributed by atoms with van der Waals surface area (Å²) in [7, 11) is 0. The fourth-order valence-electron chi connectivity index (χ4n) is 10.8. The largest absolute Gasteiger partial charge is 0.310 e. The Kier molecular flexibility index (Phi) is 7.26. The van der Waals surface area contributed by atoms with Crippen molar-refractivity contribution in [2.45, 2.75) is 24.7 Å². The molecule has 0 radical (unpaired) electrons. The highest BCUT2D eigenvalue weighted by atomic mass is 15.1. The summed E-state index contributed by atoms with van der Waals surface area (Å²) < 4.78 is 0. The number of benzene rings is 9. The lowest BCUT2D eigenvalue weighted by Gasteiger charge is -2.31. The van der Waals surface area contributed by atoms with E-state index >= 15 is 0 Å². The van der Waals surface area contributed by atoms with Crippen LogP contribution < -0.4 is 4.90 Å². The highest BCUT2D eigenvalue weighted by Crippen LogP contribution is 2.63. The van der Waals surface area contributed by atoms with Gasteiger partial charge in [0.05, 0.1) is 5.41 Å². The zero-order valence-corrected chi connectivity index (χ0v) is 33.2. The second kappa shape index (κ2) is 12.6. The molecule has 12 rings (SSSR count). The Hall–Kier alpha value is -7.22. The molecule has 0 N–H and O–H groups in total. The molecule has 0 saturated heterocycles. The number of anilines is 3. The van der Waals surface area contributed by atoms with E-state index in [1.54, 1.807) is 0 Å². The molecule has 0 saturated carbocycles. The lowest BCUT2D eigenvalue weighted by atomic mass is 9.70. The molecule has 9 aromatic rings. The highest BCUT2D eigenvalue weighted by Gasteiger charge is 2.51. The Balaban J connectivity index is 1.12. The molecule has 9 aromatic carbocycles. The van der Waals surface area contributed by atoms with Gasteiger partial charge in [-0.1, -0.05) is 184 Å². The maximum absolute atomic E-state index is 2.50. The predicted molar refractivity (Wildman–Crippen MR) is 246 cm³/mol. The monoisotopic (exact) mass is 751 g/mol. The van der Waals surface area contributed by atoms with Crippen molar-refractivity contribution in [2.24, 2.45) is 0 Å². The summed E-state index contributed by atoms with van der Waals surface area (Å²) in [6.07, 6.45) is 0. The molecular formula is C58H41N. The molecule has 0 fully saturated rings. The molecule has 0 aromatic heterocycles. The molecule has 0 heterocycles. The zero-order chi connectivity index (χ0) is 39.3. The molecule has 0 bridgehead atoms. The van der Waals surface area contributed by atoms with Crippen LogP contribution in [0.25, 0.3) is 55.6 Å². The van der Waals surface area contributed by atoms with E-state index < -0.39 is 0 Å². The first-order valence-electron chi connectivity index (χ1n) is 20.8. The summed E-state index contributed by atoms with van der Waals surface area (Å²) in [6.45, 7) is 4.75. The van der Waals surface area contributed by atoms with Crippen molar-refractivity contribution >= 4 is 17.1 Å². The van der Waals surface area contributed by atoms with E-state index in [0.717, 1.165) is 17.1 Å². The van der Waals surface area contributed by atoms with Crippen molar-refractivity contribution in [1.29, 1.82) is 0 Å². The van der Waals surface area contributed by atoms with Gasteiger partial charge in [-0.25, -0.2) is 0 Å². The van der Waals surface area contributed by atoms with Crippen molar-refractivity contribution < 1.29 is 0 Å². The molecule has 0 atom stereocenters. The van der Waals surface area contributed by atoms with Crippen LogP contribution in [0.5, 0.6) is 0 Å². The maximum Gasteiger partial charge on any atom is 0.0725 e. The summed E-state index contributed by atoms with van der Waals surface area (Å²) in [5.41, 5.74) is 23.7. The summed E-state index contributed by atoms with van der Waals surface area (Å²) in [5, 5.41) is 0. The first-order chi connectivity index (χ1) is 29.0. The first kappa shape index (κ1) is 33.9. The summed E-state index contributed by atoms with van der Waals surface area (Å²) >= 11 is 0. The normalized spacial score (nSPS) is 14.2. The molecule has 0 amide bonds. The standard InChI is InChI=1S/C58H41N/c1-57(2)51-25-13-9-21-45(51)49-31-29-43(37-56(49)57)59(44-34-40(38-17-5-3-6-18-38)33-41(35-44)39-19-7-4-8-20-39)42-30-32-55-50(36-42)48-24-12-16-28-54(48)58(55)52-26-14-10-22-46(52)47-23-11-15-27-53(47)58/h3-37H,1-2H3. The highest BCUT2D eigenvalue weighted by molar-refractivity contribution is 5.97. The van der Waals surface area contributed by atoms with Gasteiger partial charge < -0.3 is 4.90 Å². The van der Waals surface area contributed by atoms with Gasteiger partial charge in [-0.15, -0.1) is 0 Å². The van der Waals surface area contributed by atoms with Gasteiger partial charge in [0.25, 0.3) is 0 Å². The Morgan fingerprint density at radius 2 is 0.678 bits per heavy atom. The van der Waals surface area contributed by atoms with Crippen molar-refractivity contribution in [3.63, 3.8) is 0 Å². The van der Waals surface area contributed by atoms with Gasteiger partial charge in [0.15, 0.2) is 0 Å². The summed E-state index contributed by atoms with van der Waals surface area (Å²) in [4.78, 5) is 2.50. The molecule has 1 heteroatoms. The van der Waals surface area contributed by atoms with Gasteiger partial charge in [0.2, 0.25) is 0 Å². The minimum Gasteiger partial charge on any atom is -0.310 e. The number of fused-ring (bicyclic) bond motifs is 13. The van der Waals surface area contributed by atoms with E-state index in [0.29, 0.717) is 0 Å². The van der Waals surface area contributed by atoms with E-state index in [4.69, 9.17) is 0 Å². The van der Waals surface area contributed by atoms with Crippen LogP contribution in [-0.4, -0.2) is 0 Å². The average Bonchev–Trinajstić information content (AvgIpc) is 3.85. The number of hydrogen-bond acceptors (Lipinski definition) is 1. The lowest BCUT2D eigenvalue weighted by Crippen LogP contribution is -2.25. The molecular weight excluding hydrogens is 711 g/mol. The third kappa shape index (κ3) is 4.79. The Morgan fingerprint density at radius 3 is 1.24 bits per heavy atom. The summed E-state index contributed by atoms with van der Waals surface area (Å²) in [6, 6.07) is 79.3. The van der Waals surface area contributed by atoms with E-state index in [1.807, 2.05) is 0 Å². The molecule has 1 nitrogen and oxygen atoms in total. The smallest absolute Gasteiger partial charge is 0.0725 e. The van der Waals surface area contributed by atoms with Gasteiger partial charge in [-0.05, 0) is 131 Å². The van der Waals surface area contributed by atoms with Crippen LogP contribution in [0.2, 0.25) is 0 Å². The lowest BCUT2D eigenvalue weighted by molar-refractivity contribution is 0.660. The third-order valence-electron chi connectivity index (χ3n) is 13.5. The van der Waals surface area contributed by atoms with Gasteiger partial charge in [-0.3, -0.25) is 0 Å². The van der Waals surface area contributed by atoms with Crippen molar-refractivity contribution in [3.8, 4) is 55.6 Å². The van der Waals surface area contributed by atoms with Crippen LogP contribution in [0.4, 0.5) is 17.1 Å². The van der Waals surface area contributed by atoms with E-state index in [1.165, 1.54) is 89.0 Å². The van der Waals surface area contributed by atoms with Crippen LogP contribution in [0, 0.1) is 0 Å². The SMILES string of the molecule is CC1(C)c2ccccc2-c2ccc(N(c3cc(-c4ccccc4)cc(-c4ccccc4)c3)c3ccc4c(c3)-c3ccccc3C43c4ccccc4-c4ccccc43)cc21. The topological polar surface area (TPSA) is 3.24 Å². The summed E-state index contributed by atoms with van der Waals surface area (Å²) in [5.74, 6) is 0. The third-order valence-corrected chi connectivity index (χ3v) is 13.5. The van der Waals surface area contributed by atoms with Crippen molar-refractivity contribution in [1.82, 2.24) is 0 Å². The fourth-order valence-corrected chi connectivity index (χ4v) is 10.8. The van der Waals surface area contributed by atoms with Crippen molar-refractivity contribution in [3.05, 3.63) is 246 Å². The molecule has 278 valence electrons. The molecule has 3 aliphatic rings. The zero-order valence-electron chi connectivity index (χ0n) is 33.2. The number of nitrogens with zero attached hydrogens (tertiary/aromatic N) is 1. The van der Waals surface area contributed by atoms with Crippen LogP contribution in [0.1, 0.15) is 47.2 Å². The fraction of sp³-hybridized carbons (Fsp3) is 0.0690. The van der Waals surface area contributed by atoms with Crippen molar-refractivity contribution in [2.75, 3.05) is 4.90 Å². The van der Waals surface area contributed by atoms with Crippen LogP contribution in [-0.2, 0) is 10.8 Å². The van der Waals surface area contributed by atoms with E-state index in [9.17, 15) is 0 Å². The Labute approximate surface area is 346 Å². The van der Waals surface area contributed by atoms with Crippen LogP contribution >= 0.6 is 0 Å². The number of hydrogen-bond donors (Lipinski definition) is 0. The second-order valence-corrected chi connectivity index (χ2v) is 16.9. The van der Waals surface area contributed by atoms with E-state index in [-0.39, 0.29) is 10.8 Å². The molecule has 3 aliphatic carbocycles. The van der Waals surface area contributed by atoms with E-state index in [2.05, 4.69) is 231 Å². The minimum atomic E-state index is -0.389. The first-order valence-corrected chi connectivity index (χ1v) is 20.8. The average molecular weight is 752 g/mol. The molecule has 0 aliphatic heterocycles. The maximum atomic E-state index is 2.50. The molecule has 0 unspecified atom stereocenters. The molecule has 59 heavy (non-hydrogen) atoms. The molecule has 1 spiro atoms. The number of rotatable bonds is 5. The Bertz CT molecular complexity index is 3030. The van der Waals surface area contributed by atoms with Gasteiger partial charge in [-0.2, -0.15) is 0 Å². The van der Waals surface area contributed by atoms with Gasteiger partial charge in [0, 0.05) is 22.5 Å². The second-order valence-electron chi connectivity index (χ2n) is 16.9. The van der Waals surface area contributed by atoms with Crippen LogP contribution in [0.3, 0.4) is 0 Å². The Morgan fingerprint density at radius 1 is 0.271 bits per heavy atom. The van der Waals surface area contributed by atoms with Gasteiger partial charge in [0.1, 0.15) is 0 Å². The minimum absolute atomic E-state index is 0.138. The quantitative estimate of drug-likeness (QED) is 0.169. The van der Waals surface area contributed by atoms with Crippen LogP contribution in [0.15, 0.2) is 212 Å². The predicted octanol–water partition coefficient (Wildman–Crippen LogP) is 15.1. The van der Waals surface area contributed by atoms with Gasteiger partial charge >= 0.3 is 0 Å².